The summed E-state index contributed by atoms with van der Waals surface area (Å²) < 4.78 is 41.3. The summed E-state index contributed by atoms with van der Waals surface area (Å²) in [5.41, 5.74) is 0.875. The minimum absolute atomic E-state index is 0.0710. The van der Waals surface area contributed by atoms with Crippen molar-refractivity contribution in [1.82, 2.24) is 24.6 Å². The lowest BCUT2D eigenvalue weighted by Gasteiger charge is -2.42. The molecular weight excluding hydrogens is 409 g/mol. The van der Waals surface area contributed by atoms with E-state index >= 15 is 0 Å². The molecule has 10 heteroatoms. The van der Waals surface area contributed by atoms with E-state index in [0.717, 1.165) is 0 Å². The lowest BCUT2D eigenvalue weighted by Crippen LogP contribution is -2.54. The maximum Gasteiger partial charge on any atom is 0.252 e. The standard InChI is InChI=1S/C21H27F3N6O/c1-13(2)17-10-19(31)29(17)12-16-9-18(25-14-3-6-21(23,24)7-4-14)27-20(26-16)30-8-5-15(11-22)28-30/h5,8-9,13-14,17H,3-4,6-7,10-12H2,1-2H3,(H,25,26,27). The second kappa shape index (κ2) is 8.47. The molecule has 168 valence electrons. The van der Waals surface area contributed by atoms with Gasteiger partial charge in [-0.05, 0) is 24.8 Å². The molecule has 1 unspecified atom stereocenters. The Morgan fingerprint density at radius 1 is 1.23 bits per heavy atom. The van der Waals surface area contributed by atoms with Crippen LogP contribution in [0.15, 0.2) is 18.3 Å². The highest BCUT2D eigenvalue weighted by atomic mass is 19.3. The molecule has 1 atom stereocenters. The lowest BCUT2D eigenvalue weighted by atomic mass is 9.91. The zero-order valence-electron chi connectivity index (χ0n) is 17.7. The third-order valence-electron chi connectivity index (χ3n) is 6.03. The average Bonchev–Trinajstić information content (AvgIpc) is 3.21. The first-order valence-corrected chi connectivity index (χ1v) is 10.7. The summed E-state index contributed by atoms with van der Waals surface area (Å²) in [7, 11) is 0. The molecule has 2 aromatic heterocycles. The number of rotatable bonds is 7. The Labute approximate surface area is 179 Å². The van der Waals surface area contributed by atoms with E-state index in [2.05, 4.69) is 34.2 Å². The Morgan fingerprint density at radius 3 is 2.58 bits per heavy atom. The average molecular weight is 436 g/mol. The summed E-state index contributed by atoms with van der Waals surface area (Å²) >= 11 is 0. The van der Waals surface area contributed by atoms with Crippen molar-refractivity contribution in [2.24, 2.45) is 5.92 Å². The number of amides is 1. The molecule has 1 saturated heterocycles. The van der Waals surface area contributed by atoms with Crippen molar-refractivity contribution in [2.45, 2.75) is 77.2 Å². The van der Waals surface area contributed by atoms with Crippen LogP contribution < -0.4 is 5.32 Å². The second-order valence-corrected chi connectivity index (χ2v) is 8.74. The molecule has 1 saturated carbocycles. The van der Waals surface area contributed by atoms with E-state index in [1.807, 2.05) is 0 Å². The topological polar surface area (TPSA) is 75.9 Å². The molecule has 1 N–H and O–H groups in total. The Balaban J connectivity index is 1.58. The Bertz CT molecular complexity index is 937. The maximum atomic E-state index is 13.5. The van der Waals surface area contributed by atoms with E-state index in [0.29, 0.717) is 43.2 Å². The number of alkyl halides is 3. The van der Waals surface area contributed by atoms with Gasteiger partial charge < -0.3 is 10.2 Å². The lowest BCUT2D eigenvalue weighted by molar-refractivity contribution is -0.149. The van der Waals surface area contributed by atoms with Gasteiger partial charge in [0.2, 0.25) is 11.8 Å². The number of carbonyl (C=O) groups excluding carboxylic acids is 1. The summed E-state index contributed by atoms with van der Waals surface area (Å²) in [5, 5.41) is 7.37. The largest absolute Gasteiger partial charge is 0.367 e. The number of β-lactam (4-membered cyclic amide) rings is 1. The first kappa shape index (κ1) is 21.6. The normalized spacial score (nSPS) is 21.4. The smallest absolute Gasteiger partial charge is 0.252 e. The van der Waals surface area contributed by atoms with Crippen LogP contribution in [0.3, 0.4) is 0 Å². The van der Waals surface area contributed by atoms with Crippen LogP contribution in [0, 0.1) is 5.92 Å². The number of aromatic nitrogens is 4. The second-order valence-electron chi connectivity index (χ2n) is 8.74. The summed E-state index contributed by atoms with van der Waals surface area (Å²) in [5.74, 6) is -1.47. The van der Waals surface area contributed by atoms with Crippen molar-refractivity contribution in [1.29, 1.82) is 0 Å². The highest BCUT2D eigenvalue weighted by molar-refractivity contribution is 5.83. The molecule has 1 amide bonds. The maximum absolute atomic E-state index is 13.5. The number of hydrogen-bond donors (Lipinski definition) is 1. The SMILES string of the molecule is CC(C)C1CC(=O)N1Cc1cc(NC2CCC(F)(F)CC2)nc(-n2ccc(CF)n2)n1. The van der Waals surface area contributed by atoms with E-state index in [4.69, 9.17) is 0 Å². The van der Waals surface area contributed by atoms with Gasteiger partial charge in [0.25, 0.3) is 5.95 Å². The predicted molar refractivity (Wildman–Crippen MR) is 109 cm³/mol. The molecule has 0 bridgehead atoms. The van der Waals surface area contributed by atoms with Crippen LogP contribution in [-0.2, 0) is 18.0 Å². The molecule has 1 aliphatic heterocycles. The summed E-state index contributed by atoms with van der Waals surface area (Å²) in [6.07, 6.45) is 2.46. The van der Waals surface area contributed by atoms with Crippen molar-refractivity contribution in [3.8, 4) is 5.95 Å². The Kier molecular flexibility index (Phi) is 5.90. The van der Waals surface area contributed by atoms with Gasteiger partial charge in [0, 0.05) is 43.6 Å². The molecule has 2 fully saturated rings. The van der Waals surface area contributed by atoms with E-state index in [-0.39, 0.29) is 42.5 Å². The van der Waals surface area contributed by atoms with Gasteiger partial charge in [-0.25, -0.2) is 22.8 Å². The van der Waals surface area contributed by atoms with Crippen LogP contribution in [-0.4, -0.2) is 48.6 Å². The molecule has 7 nitrogen and oxygen atoms in total. The van der Waals surface area contributed by atoms with Crippen molar-refractivity contribution < 1.29 is 18.0 Å². The van der Waals surface area contributed by atoms with E-state index in [1.165, 1.54) is 4.68 Å². The van der Waals surface area contributed by atoms with Gasteiger partial charge in [-0.1, -0.05) is 13.8 Å². The number of anilines is 1. The molecule has 0 radical (unpaired) electrons. The molecule has 0 spiro atoms. The predicted octanol–water partition coefficient (Wildman–Crippen LogP) is 3.88. The van der Waals surface area contributed by atoms with E-state index < -0.39 is 12.6 Å². The minimum atomic E-state index is -2.61. The highest BCUT2D eigenvalue weighted by Gasteiger charge is 2.38. The van der Waals surface area contributed by atoms with E-state index in [9.17, 15) is 18.0 Å². The number of nitrogens with zero attached hydrogens (tertiary/aromatic N) is 5. The van der Waals surface area contributed by atoms with Gasteiger partial charge in [-0.2, -0.15) is 10.1 Å². The highest BCUT2D eigenvalue weighted by Crippen LogP contribution is 2.34. The summed E-state index contributed by atoms with van der Waals surface area (Å²) in [4.78, 5) is 22.9. The van der Waals surface area contributed by atoms with Crippen molar-refractivity contribution in [3.63, 3.8) is 0 Å². The molecule has 0 aromatic carbocycles. The van der Waals surface area contributed by atoms with Gasteiger partial charge >= 0.3 is 0 Å². The summed E-state index contributed by atoms with van der Waals surface area (Å²) in [6.45, 7) is 3.77. The van der Waals surface area contributed by atoms with Crippen molar-refractivity contribution in [3.05, 3.63) is 29.7 Å². The third-order valence-corrected chi connectivity index (χ3v) is 6.03. The fourth-order valence-corrected chi connectivity index (χ4v) is 4.13. The number of halogens is 3. The first-order chi connectivity index (χ1) is 14.7. The molecule has 2 aliphatic rings. The number of carbonyl (C=O) groups is 1. The summed E-state index contributed by atoms with van der Waals surface area (Å²) in [6, 6.07) is 3.33. The van der Waals surface area contributed by atoms with Gasteiger partial charge in [0.15, 0.2) is 0 Å². The Hall–Kier alpha value is -2.65. The zero-order valence-corrected chi connectivity index (χ0v) is 17.7. The quantitative estimate of drug-likeness (QED) is 0.667. The van der Waals surface area contributed by atoms with Crippen LogP contribution in [0.25, 0.3) is 5.95 Å². The molecule has 2 aromatic rings. The minimum Gasteiger partial charge on any atom is -0.367 e. The first-order valence-electron chi connectivity index (χ1n) is 10.7. The van der Waals surface area contributed by atoms with Gasteiger partial charge in [0.1, 0.15) is 12.5 Å². The number of hydrogen-bond acceptors (Lipinski definition) is 5. The van der Waals surface area contributed by atoms with Crippen molar-refractivity contribution in [2.75, 3.05) is 5.32 Å². The van der Waals surface area contributed by atoms with Crippen LogP contribution in [0.5, 0.6) is 0 Å². The van der Waals surface area contributed by atoms with Gasteiger partial charge in [0.05, 0.1) is 17.9 Å². The number of likely N-dealkylation sites (tertiary alicyclic amines) is 1. The van der Waals surface area contributed by atoms with Crippen LogP contribution in [0.2, 0.25) is 0 Å². The Morgan fingerprint density at radius 2 is 1.97 bits per heavy atom. The zero-order chi connectivity index (χ0) is 22.2. The van der Waals surface area contributed by atoms with Crippen LogP contribution >= 0.6 is 0 Å². The molecule has 4 rings (SSSR count). The van der Waals surface area contributed by atoms with E-state index in [1.54, 1.807) is 23.2 Å². The molecule has 3 heterocycles. The fourth-order valence-electron chi connectivity index (χ4n) is 4.13. The molecule has 31 heavy (non-hydrogen) atoms. The third kappa shape index (κ3) is 4.83. The monoisotopic (exact) mass is 436 g/mol. The van der Waals surface area contributed by atoms with Crippen molar-refractivity contribution >= 4 is 11.7 Å². The van der Waals surface area contributed by atoms with Gasteiger partial charge in [-0.3, -0.25) is 4.79 Å². The molecular formula is C21H27F3N6O. The number of nitrogens with one attached hydrogen (secondary N) is 1. The molecule has 1 aliphatic carbocycles. The van der Waals surface area contributed by atoms with Crippen LogP contribution in [0.1, 0.15) is 57.3 Å². The van der Waals surface area contributed by atoms with Crippen LogP contribution in [0.4, 0.5) is 19.0 Å². The van der Waals surface area contributed by atoms with Gasteiger partial charge in [-0.15, -0.1) is 0 Å². The fraction of sp³-hybridized carbons (Fsp3) is 0.619.